The monoisotopic (exact) mass is 541 g/mol. The minimum absolute atomic E-state index is 0.178. The number of nitriles is 1. The SMILES string of the molecule is COc1cc(OC)c(OC)cc1C=c1sc(=C(C#N)C(=O)Nc2ccccc2C)n(-c2ccccc2C)c1=O. The number of thiazole rings is 1. The molecule has 8 nitrogen and oxygen atoms in total. The lowest BCUT2D eigenvalue weighted by atomic mass is 10.1. The minimum atomic E-state index is -0.606. The Labute approximate surface area is 229 Å². The van der Waals surface area contributed by atoms with Crippen LogP contribution in [0.15, 0.2) is 65.5 Å². The van der Waals surface area contributed by atoms with Crippen LogP contribution in [0.25, 0.3) is 17.3 Å². The van der Waals surface area contributed by atoms with Crippen LogP contribution in [0.3, 0.4) is 0 Å². The van der Waals surface area contributed by atoms with E-state index >= 15 is 0 Å². The normalized spacial score (nSPS) is 11.9. The molecule has 3 aromatic carbocycles. The Hall–Kier alpha value is -4.81. The summed E-state index contributed by atoms with van der Waals surface area (Å²) >= 11 is 1.05. The summed E-state index contributed by atoms with van der Waals surface area (Å²) in [7, 11) is 4.56. The summed E-state index contributed by atoms with van der Waals surface area (Å²) < 4.78 is 18.3. The van der Waals surface area contributed by atoms with E-state index in [-0.39, 0.29) is 15.8 Å². The molecule has 0 spiro atoms. The van der Waals surface area contributed by atoms with E-state index in [4.69, 9.17) is 14.2 Å². The summed E-state index contributed by atoms with van der Waals surface area (Å²) in [6, 6.07) is 20.0. The number of benzene rings is 3. The van der Waals surface area contributed by atoms with Gasteiger partial charge in [-0.2, -0.15) is 5.26 Å². The van der Waals surface area contributed by atoms with Gasteiger partial charge in [-0.05, 0) is 49.2 Å². The van der Waals surface area contributed by atoms with Crippen LogP contribution in [-0.4, -0.2) is 31.8 Å². The van der Waals surface area contributed by atoms with Crippen LogP contribution in [0.4, 0.5) is 5.69 Å². The van der Waals surface area contributed by atoms with E-state index in [0.29, 0.717) is 38.7 Å². The number of carbonyl (C=O) groups is 1. The molecule has 4 rings (SSSR count). The van der Waals surface area contributed by atoms with Gasteiger partial charge in [0.1, 0.15) is 16.5 Å². The van der Waals surface area contributed by atoms with E-state index in [9.17, 15) is 14.9 Å². The van der Waals surface area contributed by atoms with Crippen molar-refractivity contribution in [2.24, 2.45) is 0 Å². The molecule has 0 atom stereocenters. The van der Waals surface area contributed by atoms with Crippen LogP contribution in [0.1, 0.15) is 16.7 Å². The average molecular weight is 542 g/mol. The molecule has 1 heterocycles. The molecular weight excluding hydrogens is 514 g/mol. The smallest absolute Gasteiger partial charge is 0.273 e. The summed E-state index contributed by atoms with van der Waals surface area (Å²) in [6.07, 6.45) is 1.65. The fourth-order valence-corrected chi connectivity index (χ4v) is 5.17. The second kappa shape index (κ2) is 11.7. The van der Waals surface area contributed by atoms with Gasteiger partial charge in [0.15, 0.2) is 17.1 Å². The van der Waals surface area contributed by atoms with Crippen molar-refractivity contribution in [2.45, 2.75) is 13.8 Å². The topological polar surface area (TPSA) is 103 Å². The Morgan fingerprint density at radius 1 is 0.923 bits per heavy atom. The third-order valence-corrected chi connectivity index (χ3v) is 7.24. The second-order valence-corrected chi connectivity index (χ2v) is 9.58. The molecule has 0 aliphatic rings. The highest BCUT2D eigenvalue weighted by Crippen LogP contribution is 2.34. The quantitative estimate of drug-likeness (QED) is 0.383. The zero-order valence-electron chi connectivity index (χ0n) is 22.2. The van der Waals surface area contributed by atoms with Crippen molar-refractivity contribution < 1.29 is 19.0 Å². The number of para-hydroxylation sites is 2. The highest BCUT2D eigenvalue weighted by Gasteiger charge is 2.19. The average Bonchev–Trinajstić information content (AvgIpc) is 3.25. The number of nitrogens with zero attached hydrogens (tertiary/aromatic N) is 2. The lowest BCUT2D eigenvalue weighted by Gasteiger charge is -2.11. The molecule has 0 aliphatic heterocycles. The van der Waals surface area contributed by atoms with Crippen LogP contribution >= 0.6 is 11.3 Å². The third kappa shape index (κ3) is 5.42. The van der Waals surface area contributed by atoms with Crippen molar-refractivity contribution in [3.05, 3.63) is 96.9 Å². The summed E-state index contributed by atoms with van der Waals surface area (Å²) in [5.41, 5.74) is 2.83. The number of hydrogen-bond donors (Lipinski definition) is 1. The molecule has 1 N–H and O–H groups in total. The van der Waals surface area contributed by atoms with Gasteiger partial charge in [0.05, 0.1) is 31.5 Å². The number of aromatic nitrogens is 1. The summed E-state index contributed by atoms with van der Waals surface area (Å²) in [5, 5.41) is 12.9. The van der Waals surface area contributed by atoms with E-state index in [1.165, 1.54) is 25.9 Å². The first-order valence-corrected chi connectivity index (χ1v) is 12.8. The Morgan fingerprint density at radius 3 is 2.15 bits per heavy atom. The molecule has 0 aliphatic carbocycles. The van der Waals surface area contributed by atoms with Crippen LogP contribution in [0.2, 0.25) is 0 Å². The first kappa shape index (κ1) is 27.2. The van der Waals surface area contributed by atoms with Gasteiger partial charge in [0.2, 0.25) is 0 Å². The highest BCUT2D eigenvalue weighted by molar-refractivity contribution is 7.07. The molecule has 4 aromatic rings. The molecule has 1 aromatic heterocycles. The third-order valence-electron chi connectivity index (χ3n) is 6.15. The number of methoxy groups -OCH3 is 3. The maximum Gasteiger partial charge on any atom is 0.273 e. The van der Waals surface area contributed by atoms with Crippen molar-refractivity contribution in [3.63, 3.8) is 0 Å². The number of carbonyl (C=O) groups excluding carboxylic acids is 1. The number of hydrogen-bond acceptors (Lipinski definition) is 7. The molecule has 0 unspecified atom stereocenters. The summed E-state index contributed by atoms with van der Waals surface area (Å²) in [5.74, 6) is 0.794. The van der Waals surface area contributed by atoms with Crippen molar-refractivity contribution in [1.29, 1.82) is 5.26 Å². The van der Waals surface area contributed by atoms with Crippen LogP contribution < -0.4 is 34.3 Å². The summed E-state index contributed by atoms with van der Waals surface area (Å²) in [6.45, 7) is 3.73. The van der Waals surface area contributed by atoms with Crippen molar-refractivity contribution in [2.75, 3.05) is 26.6 Å². The van der Waals surface area contributed by atoms with E-state index in [2.05, 4.69) is 5.32 Å². The molecule has 198 valence electrons. The molecule has 0 radical (unpaired) electrons. The Bertz CT molecular complexity index is 1780. The molecule has 0 bridgehead atoms. The van der Waals surface area contributed by atoms with Crippen LogP contribution in [-0.2, 0) is 4.79 Å². The van der Waals surface area contributed by atoms with Crippen LogP contribution in [0.5, 0.6) is 17.2 Å². The van der Waals surface area contributed by atoms with E-state index in [0.717, 1.165) is 22.5 Å². The van der Waals surface area contributed by atoms with Gasteiger partial charge in [-0.25, -0.2) is 0 Å². The number of aryl methyl sites for hydroxylation is 2. The van der Waals surface area contributed by atoms with Crippen molar-refractivity contribution >= 4 is 34.6 Å². The van der Waals surface area contributed by atoms with Gasteiger partial charge >= 0.3 is 0 Å². The maximum absolute atomic E-state index is 13.9. The molecular formula is C30H27N3O5S. The Balaban J connectivity index is 2.03. The lowest BCUT2D eigenvalue weighted by Crippen LogP contribution is -2.32. The fraction of sp³-hybridized carbons (Fsp3) is 0.167. The Kier molecular flexibility index (Phi) is 8.18. The highest BCUT2D eigenvalue weighted by atomic mass is 32.1. The van der Waals surface area contributed by atoms with Gasteiger partial charge in [-0.3, -0.25) is 14.2 Å². The number of nitrogens with one attached hydrogen (secondary N) is 1. The number of amides is 1. The molecule has 0 saturated heterocycles. The van der Waals surface area contributed by atoms with Crippen molar-refractivity contribution in [1.82, 2.24) is 4.57 Å². The predicted octanol–water partition coefficient (Wildman–Crippen LogP) is 3.68. The van der Waals surface area contributed by atoms with E-state index in [1.54, 1.807) is 42.5 Å². The molecule has 0 saturated carbocycles. The van der Waals surface area contributed by atoms with Gasteiger partial charge < -0.3 is 19.5 Å². The summed E-state index contributed by atoms with van der Waals surface area (Å²) in [4.78, 5) is 27.2. The largest absolute Gasteiger partial charge is 0.496 e. The zero-order valence-corrected chi connectivity index (χ0v) is 23.0. The number of anilines is 1. The molecule has 0 fully saturated rings. The molecule has 1 amide bonds. The lowest BCUT2D eigenvalue weighted by molar-refractivity contribution is -0.111. The zero-order chi connectivity index (χ0) is 28.1. The Morgan fingerprint density at radius 2 is 1.54 bits per heavy atom. The predicted molar refractivity (Wildman–Crippen MR) is 152 cm³/mol. The molecule has 39 heavy (non-hydrogen) atoms. The van der Waals surface area contributed by atoms with E-state index < -0.39 is 5.91 Å². The first-order valence-electron chi connectivity index (χ1n) is 11.9. The van der Waals surface area contributed by atoms with Crippen LogP contribution in [0, 0.1) is 25.2 Å². The van der Waals surface area contributed by atoms with Gasteiger partial charge in [0.25, 0.3) is 11.5 Å². The number of ether oxygens (including phenoxy) is 3. The van der Waals surface area contributed by atoms with Gasteiger partial charge in [-0.1, -0.05) is 36.4 Å². The minimum Gasteiger partial charge on any atom is -0.496 e. The standard InChI is InChI=1S/C30H27N3O5S/c1-18-10-6-8-12-22(18)32-28(34)21(17-31)30-33(23-13-9-7-11-19(23)2)29(35)27(39-30)15-20-14-25(37-4)26(38-5)16-24(20)36-3/h6-16H,1-5H3,(H,32,34). The van der Waals surface area contributed by atoms with Crippen molar-refractivity contribution in [3.8, 4) is 29.0 Å². The molecule has 9 heteroatoms. The van der Waals surface area contributed by atoms with Gasteiger partial charge in [0, 0.05) is 17.3 Å². The maximum atomic E-state index is 13.9. The number of rotatable bonds is 7. The second-order valence-electron chi connectivity index (χ2n) is 8.55. The fourth-order valence-electron chi connectivity index (χ4n) is 4.08. The van der Waals surface area contributed by atoms with Gasteiger partial charge in [-0.15, -0.1) is 11.3 Å². The first-order chi connectivity index (χ1) is 18.8. The van der Waals surface area contributed by atoms with E-state index in [1.807, 2.05) is 44.2 Å².